The van der Waals surface area contributed by atoms with Crippen LogP contribution in [0.25, 0.3) is 55.6 Å². The molecule has 0 heteroatoms. The Balaban J connectivity index is 1.40. The minimum absolute atomic E-state index is 1.23. The lowest BCUT2D eigenvalue weighted by Gasteiger charge is -1.94. The van der Waals surface area contributed by atoms with Crippen LogP contribution in [-0.2, 0) is 0 Å². The zero-order valence-electron chi connectivity index (χ0n) is 16.5. The van der Waals surface area contributed by atoms with Crippen LogP contribution in [0.5, 0.6) is 0 Å². The maximum atomic E-state index is 2.29. The number of hydrogen-bond acceptors (Lipinski definition) is 0. The highest BCUT2D eigenvalue weighted by atomic mass is 14.1. The fourth-order valence-corrected chi connectivity index (χ4v) is 4.32. The molecule has 0 fully saturated rings. The van der Waals surface area contributed by atoms with Gasteiger partial charge in [-0.25, -0.2) is 0 Å². The highest BCUT2D eigenvalue weighted by Gasteiger charge is 2.09. The van der Waals surface area contributed by atoms with Gasteiger partial charge < -0.3 is 0 Å². The van der Waals surface area contributed by atoms with Gasteiger partial charge in [0.15, 0.2) is 0 Å². The normalized spacial score (nSPS) is 11.3. The van der Waals surface area contributed by atoms with Crippen LogP contribution >= 0.6 is 0 Å². The average molecular weight is 380 g/mol. The smallest absolute Gasteiger partial charge is 0.0172 e. The second-order valence-corrected chi connectivity index (χ2v) is 7.89. The largest absolute Gasteiger partial charge is 0.0610 e. The van der Waals surface area contributed by atoms with E-state index in [0.717, 1.165) is 0 Å². The van der Waals surface area contributed by atoms with Crippen LogP contribution in [0.2, 0.25) is 0 Å². The fraction of sp³-hybridized carbons (Fsp3) is 0. The van der Waals surface area contributed by atoms with Crippen LogP contribution in [0.3, 0.4) is 0 Å². The van der Waals surface area contributed by atoms with Crippen LogP contribution in [0.4, 0.5) is 0 Å². The zero-order valence-corrected chi connectivity index (χ0v) is 16.5. The van der Waals surface area contributed by atoms with E-state index >= 15 is 0 Å². The van der Waals surface area contributed by atoms with Gasteiger partial charge in [-0.2, -0.15) is 0 Å². The molecule has 0 atom stereocenters. The van der Waals surface area contributed by atoms with E-state index in [0.29, 0.717) is 0 Å². The number of hydrogen-bond donors (Lipinski definition) is 0. The molecule has 0 unspecified atom stereocenters. The summed E-state index contributed by atoms with van der Waals surface area (Å²) in [5, 5.41) is 0. The topological polar surface area (TPSA) is 0 Å². The summed E-state index contributed by atoms with van der Waals surface area (Å²) in [5.74, 6) is 0. The summed E-state index contributed by atoms with van der Waals surface area (Å²) in [5.41, 5.74) is 12.6. The summed E-state index contributed by atoms with van der Waals surface area (Å²) in [6.07, 6.45) is 0. The molecule has 0 nitrogen and oxygen atoms in total. The van der Waals surface area contributed by atoms with Crippen molar-refractivity contribution >= 4 is 0 Å². The molecule has 140 valence electrons. The van der Waals surface area contributed by atoms with Crippen LogP contribution in [-0.4, -0.2) is 0 Å². The van der Waals surface area contributed by atoms with Crippen molar-refractivity contribution in [1.82, 2.24) is 0 Å². The van der Waals surface area contributed by atoms with Gasteiger partial charge in [0.1, 0.15) is 0 Å². The number of rotatable bonds is 2. The van der Waals surface area contributed by atoms with Gasteiger partial charge in [-0.1, -0.05) is 109 Å². The molecule has 0 N–H and O–H groups in total. The van der Waals surface area contributed by atoms with Crippen LogP contribution in [0.1, 0.15) is 0 Å². The standard InChI is InChI=1S/C30H20/c1-3-21-7-11-25(12-8-22(21)4-1)26-15-17-28-19-30(20-29(28)18-16-26)27-13-9-23-5-2-6-24(23)10-14-27/h1-20H. The van der Waals surface area contributed by atoms with Crippen LogP contribution in [0, 0.1) is 0 Å². The second-order valence-electron chi connectivity index (χ2n) is 7.89. The maximum Gasteiger partial charge on any atom is -0.0172 e. The Morgan fingerprint density at radius 3 is 0.767 bits per heavy atom. The summed E-state index contributed by atoms with van der Waals surface area (Å²) in [4.78, 5) is 0. The van der Waals surface area contributed by atoms with E-state index < -0.39 is 0 Å². The van der Waals surface area contributed by atoms with E-state index in [1.54, 1.807) is 0 Å². The maximum absolute atomic E-state index is 2.29. The van der Waals surface area contributed by atoms with E-state index in [-0.39, 0.29) is 0 Å². The third-order valence-electron chi connectivity index (χ3n) is 6.05. The minimum Gasteiger partial charge on any atom is -0.0610 e. The zero-order chi connectivity index (χ0) is 19.9. The number of fused-ring (bicyclic) bond motifs is 3. The summed E-state index contributed by atoms with van der Waals surface area (Å²) in [6.45, 7) is 0. The van der Waals surface area contributed by atoms with Crippen molar-refractivity contribution in [1.29, 1.82) is 0 Å². The molecule has 0 aromatic carbocycles. The van der Waals surface area contributed by atoms with Gasteiger partial charge in [0.25, 0.3) is 0 Å². The molecule has 0 bridgehead atoms. The van der Waals surface area contributed by atoms with Gasteiger partial charge in [-0.15, -0.1) is 0 Å². The van der Waals surface area contributed by atoms with E-state index in [2.05, 4.69) is 121 Å². The van der Waals surface area contributed by atoms with E-state index in [1.165, 1.54) is 55.6 Å². The highest BCUT2D eigenvalue weighted by molar-refractivity contribution is 5.82. The molecule has 0 radical (unpaired) electrons. The molecule has 6 aliphatic rings. The molecule has 0 saturated heterocycles. The lowest BCUT2D eigenvalue weighted by atomic mass is 10.1. The Morgan fingerprint density at radius 1 is 0.200 bits per heavy atom. The van der Waals surface area contributed by atoms with Gasteiger partial charge in [-0.05, 0) is 67.8 Å². The van der Waals surface area contributed by atoms with Crippen molar-refractivity contribution < 1.29 is 0 Å². The third-order valence-corrected chi connectivity index (χ3v) is 6.05. The monoisotopic (exact) mass is 380 g/mol. The van der Waals surface area contributed by atoms with Gasteiger partial charge in [-0.3, -0.25) is 0 Å². The Morgan fingerprint density at radius 2 is 0.433 bits per heavy atom. The first-order chi connectivity index (χ1) is 14.8. The van der Waals surface area contributed by atoms with Crippen LogP contribution < -0.4 is 0 Å². The van der Waals surface area contributed by atoms with Gasteiger partial charge >= 0.3 is 0 Å². The van der Waals surface area contributed by atoms with Crippen molar-refractivity contribution in [3.05, 3.63) is 121 Å². The van der Waals surface area contributed by atoms with Gasteiger partial charge in [0.05, 0.1) is 0 Å². The first kappa shape index (κ1) is 17.0. The first-order valence-corrected chi connectivity index (χ1v) is 10.4. The molecule has 0 aromatic rings. The van der Waals surface area contributed by atoms with Gasteiger partial charge in [0.2, 0.25) is 0 Å². The molecular weight excluding hydrogens is 360 g/mol. The van der Waals surface area contributed by atoms with E-state index in [4.69, 9.17) is 0 Å². The molecule has 0 aliphatic heterocycles. The Bertz CT molecular complexity index is 1230. The summed E-state index contributed by atoms with van der Waals surface area (Å²) in [7, 11) is 0. The summed E-state index contributed by atoms with van der Waals surface area (Å²) >= 11 is 0. The van der Waals surface area contributed by atoms with Crippen molar-refractivity contribution in [3.8, 4) is 55.6 Å². The SMILES string of the molecule is c1cc2ccc(-c3ccc4cc(-c5ccc6cccc-6cc5)cc-4cc3)ccc-2c1. The lowest BCUT2D eigenvalue weighted by Crippen LogP contribution is -1.68. The predicted molar refractivity (Wildman–Crippen MR) is 127 cm³/mol. The molecule has 6 aliphatic carbocycles. The molecule has 30 heavy (non-hydrogen) atoms. The second kappa shape index (κ2) is 6.86. The van der Waals surface area contributed by atoms with Crippen LogP contribution in [0.15, 0.2) is 121 Å². The molecule has 0 heterocycles. The van der Waals surface area contributed by atoms with Crippen molar-refractivity contribution in [2.45, 2.75) is 0 Å². The molecule has 0 saturated carbocycles. The lowest BCUT2D eigenvalue weighted by molar-refractivity contribution is 1.72. The summed E-state index contributed by atoms with van der Waals surface area (Å²) in [6, 6.07) is 44.0. The van der Waals surface area contributed by atoms with Crippen molar-refractivity contribution in [2.24, 2.45) is 0 Å². The quantitative estimate of drug-likeness (QED) is 0.283. The summed E-state index contributed by atoms with van der Waals surface area (Å²) < 4.78 is 0. The third kappa shape index (κ3) is 2.94. The first-order valence-electron chi connectivity index (χ1n) is 10.4. The molecule has 0 amide bonds. The average Bonchev–Trinajstić information content (AvgIpc) is 3.40. The van der Waals surface area contributed by atoms with E-state index in [9.17, 15) is 0 Å². The minimum atomic E-state index is 1.23. The predicted octanol–water partition coefficient (Wildman–Crippen LogP) is 8.34. The molecule has 0 spiro atoms. The Kier molecular flexibility index (Phi) is 3.89. The highest BCUT2D eigenvalue weighted by Crippen LogP contribution is 2.34. The van der Waals surface area contributed by atoms with Crippen molar-refractivity contribution in [2.75, 3.05) is 0 Å². The molecule has 0 aromatic heterocycles. The fourth-order valence-electron chi connectivity index (χ4n) is 4.32. The Hall–Kier alpha value is -3.90. The molecular formula is C30H20. The van der Waals surface area contributed by atoms with Crippen molar-refractivity contribution in [3.63, 3.8) is 0 Å². The Labute approximate surface area is 177 Å². The molecule has 6 rings (SSSR count). The van der Waals surface area contributed by atoms with Gasteiger partial charge in [0, 0.05) is 0 Å². The van der Waals surface area contributed by atoms with E-state index in [1.807, 2.05) is 0 Å².